The predicted molar refractivity (Wildman–Crippen MR) is 222 cm³/mol. The highest BCUT2D eigenvalue weighted by Gasteiger charge is 2.71. The second-order valence-electron chi connectivity index (χ2n) is 22.1. The van der Waals surface area contributed by atoms with E-state index in [1.54, 1.807) is 0 Å². The average Bonchev–Trinajstić information content (AvgIpc) is 3.49. The number of hydrogen-bond donors (Lipinski definition) is 1. The summed E-state index contributed by atoms with van der Waals surface area (Å²) in [5.41, 5.74) is 2.50. The van der Waals surface area contributed by atoms with Gasteiger partial charge in [0.25, 0.3) is 0 Å². The fourth-order valence-corrected chi connectivity index (χ4v) is 15.2. The van der Waals surface area contributed by atoms with Gasteiger partial charge in [-0.1, -0.05) is 91.0 Å². The Morgan fingerprint density at radius 1 is 0.821 bits per heavy atom. The number of carbonyl (C=O) groups is 3. The number of allylic oxidation sites excluding steroid dienone is 1. The van der Waals surface area contributed by atoms with Gasteiger partial charge in [0.05, 0.1) is 12.8 Å². The van der Waals surface area contributed by atoms with E-state index in [1.807, 2.05) is 13.8 Å². The Bertz CT molecular complexity index is 1660. The van der Waals surface area contributed by atoms with Gasteiger partial charge in [-0.2, -0.15) is 0 Å². The van der Waals surface area contributed by atoms with Gasteiger partial charge in [-0.25, -0.2) is 0 Å². The smallest absolute Gasteiger partial charge is 0.306 e. The lowest BCUT2D eigenvalue weighted by molar-refractivity contribution is -0.250. The van der Waals surface area contributed by atoms with Crippen LogP contribution in [0.4, 0.5) is 0 Å². The van der Waals surface area contributed by atoms with Crippen LogP contribution in [-0.4, -0.2) is 65.0 Å². The van der Waals surface area contributed by atoms with E-state index in [0.29, 0.717) is 41.9 Å². The quantitative estimate of drug-likeness (QED) is 0.188. The molecule has 1 N–H and O–H groups in total. The minimum Gasteiger partial charge on any atom is -0.481 e. The lowest BCUT2D eigenvalue weighted by atomic mass is 9.32. The first-order chi connectivity index (χ1) is 26.2. The van der Waals surface area contributed by atoms with Gasteiger partial charge >= 0.3 is 11.9 Å². The van der Waals surface area contributed by atoms with Crippen LogP contribution >= 0.6 is 0 Å². The van der Waals surface area contributed by atoms with Gasteiger partial charge in [0.15, 0.2) is 0 Å². The first-order valence-electron chi connectivity index (χ1n) is 22.4. The van der Waals surface area contributed by atoms with E-state index in [2.05, 4.69) is 88.3 Å². The highest BCUT2D eigenvalue weighted by molar-refractivity contribution is 5.77. The molecule has 1 heterocycles. The number of carbonyl (C=O) groups excluding carboxylic acids is 2. The molecule has 7 nitrogen and oxygen atoms in total. The Morgan fingerprint density at radius 2 is 1.52 bits per heavy atom. The molecule has 6 fully saturated rings. The molecule has 0 bridgehead atoms. The molecule has 1 saturated heterocycles. The summed E-state index contributed by atoms with van der Waals surface area (Å²) in [7, 11) is 0. The number of ether oxygens (including phenoxy) is 1. The second kappa shape index (κ2) is 14.9. The van der Waals surface area contributed by atoms with Crippen LogP contribution < -0.4 is 0 Å². The fraction of sp³-hybridized carbons (Fsp3) is 0.776. The zero-order chi connectivity index (χ0) is 40.5. The van der Waals surface area contributed by atoms with Gasteiger partial charge in [0.1, 0.15) is 6.10 Å². The highest BCUT2D eigenvalue weighted by Crippen LogP contribution is 2.78. The van der Waals surface area contributed by atoms with Crippen molar-refractivity contribution in [3.8, 4) is 0 Å². The SMILES string of the molecule is C=C(C)[C@@H]1CC[C@]2(CC(=O)N3CCN(Cc4ccccc4)CC3)CC[C@]3(C)[C@H](CC[C@@H]4[C@@]5(C)CC[C@H](OC(=O)CC(C)(C)CC(=O)O)C(C)(C)[C@@H]5CC[C@]43C)[C@@H]12. The molecular weight excluding hydrogens is 697 g/mol. The third-order valence-corrected chi connectivity index (χ3v) is 18.2. The van der Waals surface area contributed by atoms with Crippen molar-refractivity contribution in [2.45, 2.75) is 152 Å². The maximum atomic E-state index is 14.4. The van der Waals surface area contributed by atoms with Crippen LogP contribution in [0, 0.1) is 62.1 Å². The molecule has 1 aromatic rings. The van der Waals surface area contributed by atoms with Crippen LogP contribution in [0.15, 0.2) is 42.5 Å². The van der Waals surface area contributed by atoms with Crippen LogP contribution in [-0.2, 0) is 25.7 Å². The third kappa shape index (κ3) is 7.10. The minimum absolute atomic E-state index is 0.0465. The third-order valence-electron chi connectivity index (χ3n) is 18.2. The van der Waals surface area contributed by atoms with E-state index in [-0.39, 0.29) is 52.0 Å². The average molecular weight is 771 g/mol. The summed E-state index contributed by atoms with van der Waals surface area (Å²) in [6.45, 7) is 27.7. The molecule has 0 radical (unpaired) electrons. The van der Waals surface area contributed by atoms with Crippen LogP contribution in [0.2, 0.25) is 0 Å². The summed E-state index contributed by atoms with van der Waals surface area (Å²) >= 11 is 0. The number of esters is 1. The topological polar surface area (TPSA) is 87.2 Å². The molecule has 56 heavy (non-hydrogen) atoms. The number of amides is 1. The lowest BCUT2D eigenvalue weighted by Crippen LogP contribution is -2.67. The molecule has 1 aliphatic heterocycles. The van der Waals surface area contributed by atoms with E-state index >= 15 is 0 Å². The van der Waals surface area contributed by atoms with Crippen molar-refractivity contribution in [1.82, 2.24) is 9.80 Å². The molecule has 310 valence electrons. The zero-order valence-corrected chi connectivity index (χ0v) is 36.3. The van der Waals surface area contributed by atoms with E-state index in [9.17, 15) is 19.5 Å². The molecule has 5 saturated carbocycles. The molecule has 7 heteroatoms. The second-order valence-corrected chi connectivity index (χ2v) is 22.1. The molecule has 7 rings (SSSR count). The van der Waals surface area contributed by atoms with Gasteiger partial charge in [0, 0.05) is 44.6 Å². The molecule has 0 unspecified atom stereocenters. The summed E-state index contributed by atoms with van der Waals surface area (Å²) < 4.78 is 6.31. The molecule has 0 aromatic heterocycles. The maximum absolute atomic E-state index is 14.4. The minimum atomic E-state index is -0.880. The Hall–Kier alpha value is -2.67. The fourth-order valence-electron chi connectivity index (χ4n) is 15.2. The summed E-state index contributed by atoms with van der Waals surface area (Å²) in [4.78, 5) is 43.8. The van der Waals surface area contributed by atoms with Crippen molar-refractivity contribution < 1.29 is 24.2 Å². The summed E-state index contributed by atoms with van der Waals surface area (Å²) in [6, 6.07) is 10.7. The van der Waals surface area contributed by atoms with Crippen LogP contribution in [0.1, 0.15) is 144 Å². The lowest BCUT2D eigenvalue weighted by Gasteiger charge is -2.73. The van der Waals surface area contributed by atoms with Crippen molar-refractivity contribution in [3.63, 3.8) is 0 Å². The zero-order valence-electron chi connectivity index (χ0n) is 36.3. The number of carboxylic acid groups (broad SMARTS) is 1. The van der Waals surface area contributed by atoms with Crippen LogP contribution in [0.3, 0.4) is 0 Å². The molecule has 10 atom stereocenters. The van der Waals surface area contributed by atoms with E-state index in [1.165, 1.54) is 43.2 Å². The normalized spacial score (nSPS) is 39.4. The van der Waals surface area contributed by atoms with Crippen molar-refractivity contribution in [3.05, 3.63) is 48.0 Å². The standard InChI is InChI=1S/C49H74N2O5/c1-33(2)35-17-22-49(29-40(52)51-27-25-50(26-28-51)32-34-13-11-10-12-14-34)24-23-47(8)36(43(35)49)15-16-38-46(7)20-19-39(45(5,6)37(46)18-21-48(38,47)9)56-42(55)31-44(3,4)30-41(53)54/h10-14,35-39,43H,1,15-32H2,2-9H3,(H,53,54)/t35-,36+,37-,38+,39-,43+,46-,47+,48+,49+/m0/s1. The van der Waals surface area contributed by atoms with Gasteiger partial charge in [-0.05, 0) is 133 Å². The highest BCUT2D eigenvalue weighted by atomic mass is 16.5. The van der Waals surface area contributed by atoms with Gasteiger partial charge in [-0.15, -0.1) is 0 Å². The van der Waals surface area contributed by atoms with E-state index in [0.717, 1.165) is 64.8 Å². The number of nitrogens with zero attached hydrogens (tertiary/aromatic N) is 2. The van der Waals surface area contributed by atoms with Crippen molar-refractivity contribution in [2.24, 2.45) is 62.1 Å². The van der Waals surface area contributed by atoms with Crippen LogP contribution in [0.5, 0.6) is 0 Å². The number of rotatable bonds is 10. The summed E-state index contributed by atoms with van der Waals surface area (Å²) in [6.07, 6.45) is 12.1. The van der Waals surface area contributed by atoms with Crippen molar-refractivity contribution >= 4 is 17.8 Å². The Balaban J connectivity index is 1.06. The Morgan fingerprint density at radius 3 is 2.18 bits per heavy atom. The van der Waals surface area contributed by atoms with Gasteiger partial charge in [-0.3, -0.25) is 19.3 Å². The van der Waals surface area contributed by atoms with Crippen LogP contribution in [0.25, 0.3) is 0 Å². The largest absolute Gasteiger partial charge is 0.481 e. The molecule has 6 aliphatic rings. The molecular formula is C49H74N2O5. The number of carboxylic acids is 1. The number of hydrogen-bond acceptors (Lipinski definition) is 5. The van der Waals surface area contributed by atoms with E-state index in [4.69, 9.17) is 4.74 Å². The molecule has 1 amide bonds. The summed E-state index contributed by atoms with van der Waals surface area (Å²) in [5.74, 6) is 1.91. The molecule has 5 aliphatic carbocycles. The Kier molecular flexibility index (Phi) is 11.0. The predicted octanol–water partition coefficient (Wildman–Crippen LogP) is 10.2. The first kappa shape index (κ1) is 41.5. The number of fused-ring (bicyclic) bond motifs is 7. The Labute approximate surface area is 338 Å². The summed E-state index contributed by atoms with van der Waals surface area (Å²) in [5, 5.41) is 9.38. The monoisotopic (exact) mass is 771 g/mol. The molecule has 0 spiro atoms. The number of aliphatic carboxylic acids is 1. The van der Waals surface area contributed by atoms with Crippen molar-refractivity contribution in [1.29, 1.82) is 0 Å². The number of benzene rings is 1. The van der Waals surface area contributed by atoms with Gasteiger partial charge in [0.2, 0.25) is 5.91 Å². The van der Waals surface area contributed by atoms with Gasteiger partial charge < -0.3 is 14.7 Å². The van der Waals surface area contributed by atoms with Crippen molar-refractivity contribution in [2.75, 3.05) is 26.2 Å². The molecule has 1 aromatic carbocycles. The van der Waals surface area contributed by atoms with E-state index < -0.39 is 11.4 Å². The number of piperazine rings is 1. The first-order valence-corrected chi connectivity index (χ1v) is 22.4. The maximum Gasteiger partial charge on any atom is 0.306 e.